The molecule has 10 rings (SSSR count). The van der Waals surface area contributed by atoms with E-state index in [1.807, 2.05) is 55.3 Å². The molecule has 5 heterocycles. The fourth-order valence-electron chi connectivity index (χ4n) is 11.5. The van der Waals surface area contributed by atoms with Crippen LogP contribution in [0.25, 0.3) is 27.5 Å². The van der Waals surface area contributed by atoms with E-state index in [1.165, 1.54) is 6.42 Å². The molecule has 0 spiro atoms. The van der Waals surface area contributed by atoms with E-state index in [9.17, 15) is 9.90 Å². The molecular formula is C42H53N9NiO3S-4. The summed E-state index contributed by atoms with van der Waals surface area (Å²) in [6.45, 7) is 15.0. The zero-order valence-corrected chi connectivity index (χ0v) is 35.0. The minimum Gasteiger partial charge on any atom is -0.693 e. The molecular weight excluding hydrogens is 769 g/mol. The third-order valence-electron chi connectivity index (χ3n) is 12.2. The van der Waals surface area contributed by atoms with Crippen molar-refractivity contribution in [3.8, 4) is 11.1 Å². The molecule has 5 aromatic rings. The number of carboxylic acids is 1. The van der Waals surface area contributed by atoms with Gasteiger partial charge in [-0.1, -0.05) is 43.9 Å². The monoisotopic (exact) mass is 821 g/mol. The van der Waals surface area contributed by atoms with Gasteiger partial charge in [-0.15, -0.1) is 10.2 Å². The Hall–Kier alpha value is -3.97. The molecule has 5 aliphatic rings. The molecule has 304 valence electrons. The molecule has 4 N–H and O–H groups in total. The number of aromatic carboxylic acids is 1. The van der Waals surface area contributed by atoms with Crippen LogP contribution in [0.1, 0.15) is 86.1 Å². The number of hydrogen-bond acceptors (Lipinski definition) is 10. The van der Waals surface area contributed by atoms with E-state index in [4.69, 9.17) is 19.8 Å². The molecule has 1 aliphatic heterocycles. The van der Waals surface area contributed by atoms with Gasteiger partial charge in [0.2, 0.25) is 0 Å². The number of benzene rings is 1. The molecule has 4 aromatic heterocycles. The van der Waals surface area contributed by atoms with E-state index in [1.54, 1.807) is 11.3 Å². The molecule has 1 aromatic carbocycles. The summed E-state index contributed by atoms with van der Waals surface area (Å²) in [4.78, 5) is 24.3. The van der Waals surface area contributed by atoms with Crippen LogP contribution in [0, 0.1) is 51.9 Å². The van der Waals surface area contributed by atoms with Gasteiger partial charge in [-0.25, -0.2) is 14.8 Å². The van der Waals surface area contributed by atoms with Crippen molar-refractivity contribution in [3.05, 3.63) is 93.0 Å². The topological polar surface area (TPSA) is 165 Å². The normalized spacial score (nSPS) is 25.7. The summed E-state index contributed by atoms with van der Waals surface area (Å²) in [5.74, 6) is 0.841. The van der Waals surface area contributed by atoms with Crippen LogP contribution in [0.2, 0.25) is 0 Å². The molecule has 0 saturated heterocycles. The number of fused-ring (bicyclic) bond motifs is 2. The second kappa shape index (κ2) is 15.4. The summed E-state index contributed by atoms with van der Waals surface area (Å²) >= 11 is 1.58. The Morgan fingerprint density at radius 1 is 0.982 bits per heavy atom. The zero-order valence-electron chi connectivity index (χ0n) is 33.2. The average molecular weight is 823 g/mol. The van der Waals surface area contributed by atoms with Crippen molar-refractivity contribution >= 4 is 50.1 Å². The second-order valence-electron chi connectivity index (χ2n) is 16.7. The van der Waals surface area contributed by atoms with Crippen LogP contribution >= 0.6 is 11.3 Å². The van der Waals surface area contributed by atoms with Crippen LogP contribution in [0.4, 0.5) is 22.6 Å². The first-order valence-electron chi connectivity index (χ1n) is 18.4. The second-order valence-corrected chi connectivity index (χ2v) is 17.8. The largest absolute Gasteiger partial charge is 0.693 e. The third-order valence-corrected chi connectivity index (χ3v) is 13.2. The number of pyridine rings is 1. The number of ether oxygens (including phenoxy) is 1. The first kappa shape index (κ1) is 43.2. The maximum Gasteiger partial charge on any atom is 0.355 e. The molecule has 56 heavy (non-hydrogen) atoms. The summed E-state index contributed by atoms with van der Waals surface area (Å²) in [5, 5.41) is 28.7. The van der Waals surface area contributed by atoms with Crippen molar-refractivity contribution in [3.63, 3.8) is 0 Å². The molecule has 0 radical (unpaired) electrons. The van der Waals surface area contributed by atoms with Gasteiger partial charge in [-0.05, 0) is 106 Å². The number of nitrogens with zero attached hydrogens (tertiary/aromatic N) is 7. The van der Waals surface area contributed by atoms with Crippen LogP contribution in [0.3, 0.4) is 0 Å². The SMILES string of the molecule is [CH2-]COC12CC3(Cn4ncc(-c5ccc(N6CCCc7c6nnc(Nc6nc8ccccc8s6)c7C)nc5C(=O)O)c4C)C[C@@](C)(C1)C[C@](C)(C3)C2.[CH3-].[CH3-].[NH2-].[Ni]. The average Bonchev–Trinajstić information content (AvgIpc) is 3.65. The molecule has 12 nitrogen and oxygen atoms in total. The predicted octanol–water partition coefficient (Wildman–Crippen LogP) is 10.1. The van der Waals surface area contributed by atoms with Gasteiger partial charge in [0.05, 0.1) is 22.0 Å². The molecule has 14 heteroatoms. The number of thiazole rings is 1. The van der Waals surface area contributed by atoms with Crippen LogP contribution in [0.5, 0.6) is 0 Å². The fourth-order valence-corrected chi connectivity index (χ4v) is 12.3. The minimum atomic E-state index is -1.08. The Kier molecular flexibility index (Phi) is 11.9. The predicted molar refractivity (Wildman–Crippen MR) is 221 cm³/mol. The summed E-state index contributed by atoms with van der Waals surface area (Å²) in [6.07, 6.45) is 10.3. The quantitative estimate of drug-likeness (QED) is 0.108. The molecule has 2 unspecified atom stereocenters. The third kappa shape index (κ3) is 7.23. The van der Waals surface area contributed by atoms with Crippen molar-refractivity contribution in [2.24, 2.45) is 16.2 Å². The van der Waals surface area contributed by atoms with Gasteiger partial charge in [0.15, 0.2) is 22.5 Å². The van der Waals surface area contributed by atoms with Crippen molar-refractivity contribution in [1.82, 2.24) is 29.9 Å². The molecule has 4 fully saturated rings. The summed E-state index contributed by atoms with van der Waals surface area (Å²) in [5.41, 5.74) is 5.75. The molecule has 4 saturated carbocycles. The van der Waals surface area contributed by atoms with E-state index in [0.717, 1.165) is 89.2 Å². The Morgan fingerprint density at radius 3 is 2.41 bits per heavy atom. The van der Waals surface area contributed by atoms with Crippen LogP contribution < -0.4 is 10.2 Å². The van der Waals surface area contributed by atoms with Gasteiger partial charge in [0, 0.05) is 57.5 Å². The van der Waals surface area contributed by atoms with E-state index >= 15 is 0 Å². The number of para-hydroxylation sites is 1. The Morgan fingerprint density at radius 2 is 1.71 bits per heavy atom. The number of hydrogen-bond donors (Lipinski definition) is 2. The van der Waals surface area contributed by atoms with Crippen LogP contribution in [-0.2, 0) is 34.2 Å². The Labute approximate surface area is 344 Å². The van der Waals surface area contributed by atoms with Gasteiger partial charge in [0.1, 0.15) is 5.82 Å². The smallest absolute Gasteiger partial charge is 0.355 e. The molecule has 0 amide bonds. The first-order chi connectivity index (χ1) is 24.9. The van der Waals surface area contributed by atoms with E-state index < -0.39 is 5.97 Å². The van der Waals surface area contributed by atoms with Gasteiger partial charge in [0.25, 0.3) is 0 Å². The van der Waals surface area contributed by atoms with Gasteiger partial charge in [-0.3, -0.25) is 4.68 Å². The fraction of sp³-hybridized carbons (Fsp3) is 0.452. The van der Waals surface area contributed by atoms with E-state index in [2.05, 4.69) is 47.0 Å². The van der Waals surface area contributed by atoms with Crippen LogP contribution in [0.15, 0.2) is 42.6 Å². The Bertz CT molecular complexity index is 2200. The summed E-state index contributed by atoms with van der Waals surface area (Å²) in [7, 11) is 0. The number of nitrogens with two attached hydrogens (primary N) is 1. The standard InChI is InChI=1S/C40H45N8O3S.2CH3.H2N.Ni/c1-6-51-40-20-37(4)17-38(5,21-40)19-39(18-37,22-40)23-48-25(3)28(16-41-48)27-13-14-31(43-32(27)35(49)50)47-15-9-10-26-24(2)33(45-46-34(26)47)44-36-42-29-11-7-8-12-30(29)52-36;;;;/h7-8,11-14,16H,1,6,9-10,15,17-23H2,2-5H3,(H,49,50)(H,42,44,45);2*1H3;1H2;/q4*-1;/t37-,38+,39?,40?;;;;. The van der Waals surface area contributed by atoms with Crippen molar-refractivity contribution < 1.29 is 31.1 Å². The number of carbonyl (C=O) groups is 1. The van der Waals surface area contributed by atoms with Crippen molar-refractivity contribution in [2.75, 3.05) is 23.4 Å². The number of nitrogens with one attached hydrogen (secondary N) is 1. The molecule has 4 atom stereocenters. The summed E-state index contributed by atoms with van der Waals surface area (Å²) < 4.78 is 9.69. The number of anilines is 4. The summed E-state index contributed by atoms with van der Waals surface area (Å²) in [6, 6.07) is 11.8. The zero-order chi connectivity index (χ0) is 36.0. The van der Waals surface area contributed by atoms with Crippen LogP contribution in [-0.4, -0.2) is 59.8 Å². The molecule has 4 aliphatic carbocycles. The number of carboxylic acid groups (broad SMARTS) is 1. The minimum absolute atomic E-state index is 0. The number of aromatic nitrogens is 6. The number of rotatable bonds is 9. The van der Waals surface area contributed by atoms with Gasteiger partial charge >= 0.3 is 5.97 Å². The van der Waals surface area contributed by atoms with Gasteiger partial charge < -0.3 is 48.0 Å². The van der Waals surface area contributed by atoms with E-state index in [-0.39, 0.29) is 65.0 Å². The first-order valence-corrected chi connectivity index (χ1v) is 19.2. The van der Waals surface area contributed by atoms with Crippen molar-refractivity contribution in [2.45, 2.75) is 91.2 Å². The maximum absolute atomic E-state index is 12.8. The van der Waals surface area contributed by atoms with Gasteiger partial charge in [-0.2, -0.15) is 5.10 Å². The maximum atomic E-state index is 12.8. The van der Waals surface area contributed by atoms with Crippen molar-refractivity contribution in [1.29, 1.82) is 0 Å². The van der Waals surface area contributed by atoms with E-state index in [0.29, 0.717) is 36.2 Å². The molecule has 4 bridgehead atoms. The Balaban J connectivity index is 0.00000150.